The van der Waals surface area contributed by atoms with E-state index in [1.54, 1.807) is 11.6 Å². The van der Waals surface area contributed by atoms with E-state index < -0.39 is 6.43 Å². The average molecular weight is 349 g/mol. The van der Waals surface area contributed by atoms with Crippen LogP contribution in [0.1, 0.15) is 23.2 Å². The molecule has 130 valence electrons. The van der Waals surface area contributed by atoms with Crippen LogP contribution in [-0.2, 0) is 0 Å². The maximum atomic E-state index is 13.8. The molecule has 3 nitrogen and oxygen atoms in total. The van der Waals surface area contributed by atoms with Gasteiger partial charge >= 0.3 is 0 Å². The first-order valence-corrected chi connectivity index (χ1v) is 8.35. The number of fused-ring (bicyclic) bond motifs is 1. The highest BCUT2D eigenvalue weighted by Gasteiger charge is 2.21. The van der Waals surface area contributed by atoms with E-state index in [2.05, 4.69) is 10.1 Å². The molecular formula is C21H17F2N3. The van der Waals surface area contributed by atoms with Crippen LogP contribution in [0.25, 0.3) is 28.0 Å². The summed E-state index contributed by atoms with van der Waals surface area (Å²) in [6.45, 7) is 3.72. The molecule has 2 aromatic heterocycles. The van der Waals surface area contributed by atoms with Gasteiger partial charge in [-0.15, -0.1) is 0 Å². The Kier molecular flexibility index (Phi) is 3.99. The predicted molar refractivity (Wildman–Crippen MR) is 98.7 cm³/mol. The van der Waals surface area contributed by atoms with Gasteiger partial charge in [-0.05, 0) is 32.0 Å². The van der Waals surface area contributed by atoms with Crippen molar-refractivity contribution in [3.8, 4) is 16.9 Å². The van der Waals surface area contributed by atoms with Crippen molar-refractivity contribution in [3.63, 3.8) is 0 Å². The van der Waals surface area contributed by atoms with Crippen LogP contribution in [0.15, 0.2) is 60.7 Å². The Morgan fingerprint density at radius 3 is 2.27 bits per heavy atom. The number of pyridine rings is 1. The lowest BCUT2D eigenvalue weighted by molar-refractivity contribution is 0.153. The molecule has 2 heterocycles. The Hall–Kier alpha value is -3.08. The summed E-state index contributed by atoms with van der Waals surface area (Å²) < 4.78 is 29.2. The molecule has 0 atom stereocenters. The number of nitrogens with zero attached hydrogens (tertiary/aromatic N) is 3. The molecule has 0 N–H and O–H groups in total. The third-order valence-corrected chi connectivity index (χ3v) is 4.43. The van der Waals surface area contributed by atoms with Crippen molar-refractivity contribution in [2.75, 3.05) is 0 Å². The average Bonchev–Trinajstić information content (AvgIpc) is 2.99. The topological polar surface area (TPSA) is 30.7 Å². The summed E-state index contributed by atoms with van der Waals surface area (Å²) in [5.74, 6) is 0. The number of rotatable bonds is 3. The molecule has 0 fully saturated rings. The number of alkyl halides is 2. The standard InChI is InChI=1S/C21H17F2N3/c1-13-8-10-15(11-9-13)18-12-17(20(22)23)19-14(2)25-26(21(19)24-18)16-6-4-3-5-7-16/h3-12,20H,1-2H3. The molecular weight excluding hydrogens is 332 g/mol. The van der Waals surface area contributed by atoms with E-state index in [1.807, 2.05) is 61.5 Å². The first kappa shape index (κ1) is 16.4. The Morgan fingerprint density at radius 1 is 0.923 bits per heavy atom. The number of para-hydroxylation sites is 1. The molecule has 0 radical (unpaired) electrons. The monoisotopic (exact) mass is 349 g/mol. The van der Waals surface area contributed by atoms with Crippen LogP contribution in [0, 0.1) is 13.8 Å². The van der Waals surface area contributed by atoms with Crippen molar-refractivity contribution >= 4 is 11.0 Å². The first-order chi connectivity index (χ1) is 12.5. The van der Waals surface area contributed by atoms with Crippen molar-refractivity contribution in [2.24, 2.45) is 0 Å². The zero-order chi connectivity index (χ0) is 18.3. The SMILES string of the molecule is Cc1ccc(-c2cc(C(F)F)c3c(C)nn(-c4ccccc4)c3n2)cc1. The largest absolute Gasteiger partial charge is 0.264 e. The molecule has 0 aliphatic heterocycles. The summed E-state index contributed by atoms with van der Waals surface area (Å²) in [7, 11) is 0. The van der Waals surface area contributed by atoms with Gasteiger partial charge in [0.15, 0.2) is 5.65 Å². The lowest BCUT2D eigenvalue weighted by Crippen LogP contribution is -1.99. The lowest BCUT2D eigenvalue weighted by Gasteiger charge is -2.09. The molecule has 4 rings (SSSR count). The summed E-state index contributed by atoms with van der Waals surface area (Å²) in [4.78, 5) is 4.68. The van der Waals surface area contributed by atoms with Gasteiger partial charge in [0.2, 0.25) is 0 Å². The van der Waals surface area contributed by atoms with E-state index in [0.717, 1.165) is 16.8 Å². The first-order valence-electron chi connectivity index (χ1n) is 8.35. The van der Waals surface area contributed by atoms with Crippen LogP contribution < -0.4 is 0 Å². The van der Waals surface area contributed by atoms with Crippen LogP contribution in [0.2, 0.25) is 0 Å². The Labute approximate surface area is 149 Å². The van der Waals surface area contributed by atoms with Gasteiger partial charge in [0.25, 0.3) is 6.43 Å². The van der Waals surface area contributed by atoms with Crippen LogP contribution in [-0.4, -0.2) is 14.8 Å². The number of aryl methyl sites for hydroxylation is 2. The minimum absolute atomic E-state index is 0.0368. The maximum absolute atomic E-state index is 13.8. The molecule has 0 bridgehead atoms. The predicted octanol–water partition coefficient (Wildman–Crippen LogP) is 5.64. The quantitative estimate of drug-likeness (QED) is 0.479. The summed E-state index contributed by atoms with van der Waals surface area (Å²) in [5.41, 5.74) is 4.17. The minimum atomic E-state index is -2.60. The molecule has 26 heavy (non-hydrogen) atoms. The normalized spacial score (nSPS) is 11.4. The summed E-state index contributed by atoms with van der Waals surface area (Å²) in [6, 6.07) is 18.6. The number of aromatic nitrogens is 3. The third kappa shape index (κ3) is 2.75. The van der Waals surface area contributed by atoms with E-state index >= 15 is 0 Å². The van der Waals surface area contributed by atoms with Crippen LogP contribution >= 0.6 is 0 Å². The van der Waals surface area contributed by atoms with Crippen molar-refractivity contribution in [1.82, 2.24) is 14.8 Å². The van der Waals surface area contributed by atoms with E-state index in [-0.39, 0.29) is 5.56 Å². The third-order valence-electron chi connectivity index (χ3n) is 4.43. The smallest absolute Gasteiger partial charge is 0.228 e. The fourth-order valence-electron chi connectivity index (χ4n) is 3.12. The van der Waals surface area contributed by atoms with Gasteiger partial charge in [0.1, 0.15) is 0 Å². The molecule has 0 saturated carbocycles. The Bertz CT molecular complexity index is 1070. The number of hydrogen-bond acceptors (Lipinski definition) is 2. The van der Waals surface area contributed by atoms with E-state index in [4.69, 9.17) is 0 Å². The molecule has 0 aliphatic carbocycles. The van der Waals surface area contributed by atoms with E-state index in [0.29, 0.717) is 22.4 Å². The zero-order valence-corrected chi connectivity index (χ0v) is 14.4. The van der Waals surface area contributed by atoms with Gasteiger partial charge in [-0.1, -0.05) is 48.0 Å². The van der Waals surface area contributed by atoms with Crippen LogP contribution in [0.5, 0.6) is 0 Å². The molecule has 0 amide bonds. The minimum Gasteiger partial charge on any atom is -0.228 e. The molecule has 0 aliphatic rings. The highest BCUT2D eigenvalue weighted by Crippen LogP contribution is 2.34. The number of hydrogen-bond donors (Lipinski definition) is 0. The molecule has 5 heteroatoms. The number of halogens is 2. The highest BCUT2D eigenvalue weighted by atomic mass is 19.3. The summed E-state index contributed by atoms with van der Waals surface area (Å²) in [5, 5.41) is 4.89. The fraction of sp³-hybridized carbons (Fsp3) is 0.143. The van der Waals surface area contributed by atoms with Gasteiger partial charge in [-0.25, -0.2) is 18.4 Å². The van der Waals surface area contributed by atoms with Gasteiger partial charge in [-0.3, -0.25) is 0 Å². The lowest BCUT2D eigenvalue weighted by atomic mass is 10.0. The maximum Gasteiger partial charge on any atom is 0.264 e. The van der Waals surface area contributed by atoms with Gasteiger partial charge in [0.05, 0.1) is 22.5 Å². The zero-order valence-electron chi connectivity index (χ0n) is 14.4. The summed E-state index contributed by atoms with van der Waals surface area (Å²) >= 11 is 0. The van der Waals surface area contributed by atoms with Gasteiger partial charge < -0.3 is 0 Å². The van der Waals surface area contributed by atoms with Crippen LogP contribution in [0.3, 0.4) is 0 Å². The molecule has 0 spiro atoms. The van der Waals surface area contributed by atoms with Crippen molar-refractivity contribution in [2.45, 2.75) is 20.3 Å². The number of benzene rings is 2. The van der Waals surface area contributed by atoms with Crippen LogP contribution in [0.4, 0.5) is 8.78 Å². The second kappa shape index (κ2) is 6.33. The molecule has 2 aromatic carbocycles. The molecule has 0 saturated heterocycles. The van der Waals surface area contributed by atoms with Crippen molar-refractivity contribution < 1.29 is 8.78 Å². The Morgan fingerprint density at radius 2 is 1.62 bits per heavy atom. The molecule has 0 unspecified atom stereocenters. The highest BCUT2D eigenvalue weighted by molar-refractivity contribution is 5.86. The second-order valence-corrected chi connectivity index (χ2v) is 6.29. The van der Waals surface area contributed by atoms with E-state index in [1.165, 1.54) is 6.07 Å². The molecule has 4 aromatic rings. The summed E-state index contributed by atoms with van der Waals surface area (Å²) in [6.07, 6.45) is -2.60. The van der Waals surface area contributed by atoms with Crippen molar-refractivity contribution in [1.29, 1.82) is 0 Å². The van der Waals surface area contributed by atoms with E-state index in [9.17, 15) is 8.78 Å². The Balaban J connectivity index is 2.03. The van der Waals surface area contributed by atoms with Crippen molar-refractivity contribution in [3.05, 3.63) is 77.5 Å². The fourth-order valence-corrected chi connectivity index (χ4v) is 3.12. The second-order valence-electron chi connectivity index (χ2n) is 6.29. The van der Waals surface area contributed by atoms with Gasteiger partial charge in [-0.2, -0.15) is 5.10 Å². The van der Waals surface area contributed by atoms with Gasteiger partial charge in [0, 0.05) is 11.1 Å².